The molecule has 114 valence electrons. The van der Waals surface area contributed by atoms with Crippen LogP contribution in [0, 0.1) is 6.92 Å². The molecule has 0 spiro atoms. The minimum absolute atomic E-state index is 0.0195. The number of aryl methyl sites for hydroxylation is 1. The van der Waals surface area contributed by atoms with Gasteiger partial charge in [0.05, 0.1) is 5.69 Å². The van der Waals surface area contributed by atoms with Crippen molar-refractivity contribution in [2.24, 2.45) is 0 Å². The zero-order valence-electron chi connectivity index (χ0n) is 13.2. The number of hydrogen-bond acceptors (Lipinski definition) is 4. The fraction of sp³-hybridized carbons (Fsp3) is 0.294. The second-order valence-corrected chi connectivity index (χ2v) is 7.32. The molecule has 5 heteroatoms. The molecule has 0 saturated carbocycles. The number of carbonyl (C=O) groups is 1. The van der Waals surface area contributed by atoms with Gasteiger partial charge >= 0.3 is 0 Å². The molecule has 22 heavy (non-hydrogen) atoms. The van der Waals surface area contributed by atoms with Crippen molar-refractivity contribution in [1.82, 2.24) is 9.38 Å². The van der Waals surface area contributed by atoms with Crippen molar-refractivity contribution in [2.75, 3.05) is 5.73 Å². The number of imidazole rings is 1. The fourth-order valence-corrected chi connectivity index (χ4v) is 3.68. The SMILES string of the molecule is Cc1nc2scc(C(C)(C)C)n2c1C(=O)c1ccc(N)cc1. The van der Waals surface area contributed by atoms with Gasteiger partial charge in [0.25, 0.3) is 0 Å². The third-order valence-corrected chi connectivity index (χ3v) is 4.52. The lowest BCUT2D eigenvalue weighted by molar-refractivity contribution is 0.103. The van der Waals surface area contributed by atoms with Gasteiger partial charge < -0.3 is 5.73 Å². The second kappa shape index (κ2) is 4.95. The zero-order chi connectivity index (χ0) is 16.1. The van der Waals surface area contributed by atoms with Crippen LogP contribution >= 0.6 is 11.3 Å². The number of rotatable bonds is 2. The van der Waals surface area contributed by atoms with Gasteiger partial charge in [-0.2, -0.15) is 0 Å². The van der Waals surface area contributed by atoms with Crippen molar-refractivity contribution in [3.8, 4) is 0 Å². The molecule has 3 rings (SSSR count). The summed E-state index contributed by atoms with van der Waals surface area (Å²) in [5.41, 5.74) is 9.44. The maximum atomic E-state index is 12.9. The molecule has 2 aromatic heterocycles. The Labute approximate surface area is 133 Å². The Balaban J connectivity index is 2.21. The first-order valence-electron chi connectivity index (χ1n) is 7.16. The largest absolute Gasteiger partial charge is 0.399 e. The van der Waals surface area contributed by atoms with Gasteiger partial charge in [-0.15, -0.1) is 11.3 Å². The minimum atomic E-state index is -0.0540. The van der Waals surface area contributed by atoms with Gasteiger partial charge in [0.2, 0.25) is 5.78 Å². The molecule has 0 fully saturated rings. The molecule has 4 nitrogen and oxygen atoms in total. The third kappa shape index (κ3) is 2.31. The topological polar surface area (TPSA) is 60.4 Å². The van der Waals surface area contributed by atoms with Crippen LogP contribution in [0.4, 0.5) is 5.69 Å². The Morgan fingerprint density at radius 1 is 1.23 bits per heavy atom. The van der Waals surface area contributed by atoms with Crippen LogP contribution in [0.3, 0.4) is 0 Å². The number of aromatic nitrogens is 2. The van der Waals surface area contributed by atoms with Crippen molar-refractivity contribution in [1.29, 1.82) is 0 Å². The molecule has 0 aliphatic carbocycles. The van der Waals surface area contributed by atoms with Gasteiger partial charge in [-0.3, -0.25) is 9.20 Å². The van der Waals surface area contributed by atoms with Crippen LogP contribution in [-0.2, 0) is 5.41 Å². The lowest BCUT2D eigenvalue weighted by Gasteiger charge is -2.18. The third-order valence-electron chi connectivity index (χ3n) is 3.69. The predicted molar refractivity (Wildman–Crippen MR) is 90.8 cm³/mol. The first kappa shape index (κ1) is 14.8. The number of ketones is 1. The zero-order valence-corrected chi connectivity index (χ0v) is 14.0. The molecule has 0 bridgehead atoms. The van der Waals surface area contributed by atoms with E-state index >= 15 is 0 Å². The van der Waals surface area contributed by atoms with Gasteiger partial charge in [-0.1, -0.05) is 20.8 Å². The number of thiazole rings is 1. The fourth-order valence-electron chi connectivity index (χ4n) is 2.52. The molecule has 2 N–H and O–H groups in total. The van der Waals surface area contributed by atoms with E-state index in [0.29, 0.717) is 16.9 Å². The molecule has 0 unspecified atom stereocenters. The number of carbonyl (C=O) groups excluding carboxylic acids is 1. The average Bonchev–Trinajstić information content (AvgIpc) is 2.95. The van der Waals surface area contributed by atoms with Gasteiger partial charge in [0, 0.05) is 27.7 Å². The number of fused-ring (bicyclic) bond motifs is 1. The first-order valence-corrected chi connectivity index (χ1v) is 8.04. The molecule has 0 atom stereocenters. The van der Waals surface area contributed by atoms with E-state index in [4.69, 9.17) is 5.73 Å². The lowest BCUT2D eigenvalue weighted by Crippen LogP contribution is -2.17. The van der Waals surface area contributed by atoms with Crippen LogP contribution in [0.1, 0.15) is 48.2 Å². The van der Waals surface area contributed by atoms with Crippen LogP contribution in [0.15, 0.2) is 29.6 Å². The summed E-state index contributed by atoms with van der Waals surface area (Å²) in [5.74, 6) is -0.0195. The average molecular weight is 313 g/mol. The molecule has 0 saturated heterocycles. The summed E-state index contributed by atoms with van der Waals surface area (Å²) in [5, 5.41) is 2.08. The minimum Gasteiger partial charge on any atom is -0.399 e. The number of nitrogen functional groups attached to an aromatic ring is 1. The summed E-state index contributed by atoms with van der Waals surface area (Å²) >= 11 is 1.57. The van der Waals surface area contributed by atoms with E-state index in [1.54, 1.807) is 35.6 Å². The van der Waals surface area contributed by atoms with E-state index < -0.39 is 0 Å². The van der Waals surface area contributed by atoms with Crippen molar-refractivity contribution in [3.63, 3.8) is 0 Å². The van der Waals surface area contributed by atoms with Crippen molar-refractivity contribution in [3.05, 3.63) is 52.3 Å². The maximum absolute atomic E-state index is 12.9. The van der Waals surface area contributed by atoms with Gasteiger partial charge in [-0.05, 0) is 31.2 Å². The number of nitrogens with zero attached hydrogens (tertiary/aromatic N) is 2. The molecule has 2 heterocycles. The Morgan fingerprint density at radius 2 is 1.86 bits per heavy atom. The van der Waals surface area contributed by atoms with Gasteiger partial charge in [0.1, 0.15) is 5.69 Å². The molecular weight excluding hydrogens is 294 g/mol. The maximum Gasteiger partial charge on any atom is 0.211 e. The highest BCUT2D eigenvalue weighted by Crippen LogP contribution is 2.30. The Kier molecular flexibility index (Phi) is 3.33. The Bertz CT molecular complexity index is 851. The van der Waals surface area contributed by atoms with Crippen LogP contribution < -0.4 is 5.73 Å². The van der Waals surface area contributed by atoms with Crippen LogP contribution in [0.5, 0.6) is 0 Å². The smallest absolute Gasteiger partial charge is 0.211 e. The van der Waals surface area contributed by atoms with Crippen molar-refractivity contribution < 1.29 is 4.79 Å². The predicted octanol–water partition coefficient (Wildman–Crippen LogP) is 3.81. The van der Waals surface area contributed by atoms with E-state index in [-0.39, 0.29) is 11.2 Å². The molecule has 0 amide bonds. The Morgan fingerprint density at radius 3 is 2.45 bits per heavy atom. The summed E-state index contributed by atoms with van der Waals surface area (Å²) in [6.45, 7) is 8.31. The summed E-state index contributed by atoms with van der Waals surface area (Å²) < 4.78 is 2.00. The standard InChI is InChI=1S/C17H19N3OS/c1-10-14(15(21)11-5-7-12(18)8-6-11)20-13(17(2,3)4)9-22-16(20)19-10/h5-9H,18H2,1-4H3. The van der Waals surface area contributed by atoms with Gasteiger partial charge in [0.15, 0.2) is 4.96 Å². The van der Waals surface area contributed by atoms with E-state index in [0.717, 1.165) is 16.3 Å². The molecule has 1 aromatic carbocycles. The van der Waals surface area contributed by atoms with Crippen LogP contribution in [-0.4, -0.2) is 15.2 Å². The summed E-state index contributed by atoms with van der Waals surface area (Å²) in [6, 6.07) is 7.03. The highest BCUT2D eigenvalue weighted by molar-refractivity contribution is 7.15. The van der Waals surface area contributed by atoms with E-state index in [9.17, 15) is 4.79 Å². The van der Waals surface area contributed by atoms with E-state index in [1.807, 2.05) is 11.3 Å². The van der Waals surface area contributed by atoms with Gasteiger partial charge in [-0.25, -0.2) is 4.98 Å². The summed E-state index contributed by atoms with van der Waals surface area (Å²) in [4.78, 5) is 18.3. The second-order valence-electron chi connectivity index (χ2n) is 6.49. The van der Waals surface area contributed by atoms with Crippen LogP contribution in [0.2, 0.25) is 0 Å². The van der Waals surface area contributed by atoms with E-state index in [2.05, 4.69) is 31.1 Å². The first-order chi connectivity index (χ1) is 10.3. The highest BCUT2D eigenvalue weighted by Gasteiger charge is 2.26. The molecular formula is C17H19N3OS. The molecule has 0 radical (unpaired) electrons. The normalized spacial score (nSPS) is 12.0. The molecule has 3 aromatic rings. The lowest BCUT2D eigenvalue weighted by atomic mass is 9.93. The number of nitrogens with two attached hydrogens (primary N) is 1. The highest BCUT2D eigenvalue weighted by atomic mass is 32.1. The molecule has 0 aliphatic rings. The van der Waals surface area contributed by atoms with Crippen molar-refractivity contribution >= 4 is 27.8 Å². The van der Waals surface area contributed by atoms with Crippen LogP contribution in [0.25, 0.3) is 4.96 Å². The Hall–Kier alpha value is -2.14. The summed E-state index contributed by atoms with van der Waals surface area (Å²) in [7, 11) is 0. The number of hydrogen-bond donors (Lipinski definition) is 1. The molecule has 0 aliphatic heterocycles. The number of anilines is 1. The monoisotopic (exact) mass is 313 g/mol. The number of benzene rings is 1. The van der Waals surface area contributed by atoms with E-state index in [1.165, 1.54) is 0 Å². The quantitative estimate of drug-likeness (QED) is 0.578. The summed E-state index contributed by atoms with van der Waals surface area (Å²) in [6.07, 6.45) is 0. The van der Waals surface area contributed by atoms with Crippen molar-refractivity contribution in [2.45, 2.75) is 33.1 Å².